The Morgan fingerprint density at radius 3 is 2.14 bits per heavy atom. The summed E-state index contributed by atoms with van der Waals surface area (Å²) in [4.78, 5) is 47.4. The molecule has 0 fully saturated rings. The number of aliphatic carboxylic acids is 1. The van der Waals surface area contributed by atoms with Gasteiger partial charge in [-0.1, -0.05) is 13.8 Å². The molecule has 0 spiro atoms. The van der Waals surface area contributed by atoms with Gasteiger partial charge in [0.1, 0.15) is 6.04 Å². The lowest BCUT2D eigenvalue weighted by Crippen LogP contribution is -2.54. The molecule has 162 valence electrons. The number of carboxylic acids is 1. The van der Waals surface area contributed by atoms with Gasteiger partial charge in [0, 0.05) is 0 Å². The Morgan fingerprint density at radius 1 is 1.07 bits per heavy atom. The molecule has 4 atom stereocenters. The Kier molecular flexibility index (Phi) is 12.5. The predicted octanol–water partition coefficient (Wildman–Crippen LogP) is -1.34. The van der Waals surface area contributed by atoms with Crippen molar-refractivity contribution in [2.75, 3.05) is 18.6 Å². The van der Waals surface area contributed by atoms with Gasteiger partial charge in [0.15, 0.2) is 6.04 Å². The van der Waals surface area contributed by atoms with Gasteiger partial charge in [-0.25, -0.2) is 4.79 Å². The van der Waals surface area contributed by atoms with Crippen LogP contribution >= 0.6 is 11.8 Å². The first-order valence-electron chi connectivity index (χ1n) is 9.02. The van der Waals surface area contributed by atoms with Crippen LogP contribution in [0.1, 0.15) is 33.6 Å². The van der Waals surface area contributed by atoms with E-state index >= 15 is 0 Å². The van der Waals surface area contributed by atoms with Crippen molar-refractivity contribution in [3.05, 3.63) is 0 Å². The van der Waals surface area contributed by atoms with Crippen molar-refractivity contribution in [3.8, 4) is 0 Å². The van der Waals surface area contributed by atoms with Gasteiger partial charge in [-0.2, -0.15) is 11.8 Å². The smallest absolute Gasteiger partial charge is 0.328 e. The molecule has 0 aliphatic rings. The summed E-state index contributed by atoms with van der Waals surface area (Å²) in [6, 6.07) is -3.08. The van der Waals surface area contributed by atoms with Crippen molar-refractivity contribution in [2.24, 2.45) is 11.7 Å². The molecule has 10 nitrogen and oxygen atoms in total. The number of carboxylic acid groups (broad SMARTS) is 1. The van der Waals surface area contributed by atoms with Gasteiger partial charge in [-0.15, -0.1) is 0 Å². The fraction of sp³-hybridized carbons (Fsp3) is 0.765. The third-order valence-corrected chi connectivity index (χ3v) is 4.44. The number of rotatable bonds is 13. The van der Waals surface area contributed by atoms with Gasteiger partial charge in [0.05, 0.1) is 18.7 Å². The lowest BCUT2D eigenvalue weighted by atomic mass is 10.0. The molecule has 4 unspecified atom stereocenters. The molecule has 7 N–H and O–H groups in total. The highest BCUT2D eigenvalue weighted by Crippen LogP contribution is 2.05. The van der Waals surface area contributed by atoms with Crippen molar-refractivity contribution < 1.29 is 29.4 Å². The van der Waals surface area contributed by atoms with E-state index in [9.17, 15) is 24.3 Å². The second-order valence-electron chi connectivity index (χ2n) is 6.92. The molecule has 0 heterocycles. The number of nitrogens with one attached hydrogen (secondary N) is 3. The van der Waals surface area contributed by atoms with E-state index in [4.69, 9.17) is 10.8 Å². The van der Waals surface area contributed by atoms with Crippen LogP contribution in [-0.2, 0) is 19.2 Å². The molecular weight excluding hydrogens is 388 g/mol. The van der Waals surface area contributed by atoms with Crippen molar-refractivity contribution in [1.29, 1.82) is 0 Å². The van der Waals surface area contributed by atoms with E-state index in [0.717, 1.165) is 0 Å². The van der Waals surface area contributed by atoms with Crippen LogP contribution in [0.5, 0.6) is 0 Å². The Bertz CT molecular complexity index is 544. The van der Waals surface area contributed by atoms with Crippen LogP contribution < -0.4 is 21.7 Å². The lowest BCUT2D eigenvalue weighted by molar-refractivity contribution is -0.144. The number of carbonyl (C=O) groups is 4. The van der Waals surface area contributed by atoms with Crippen molar-refractivity contribution in [2.45, 2.75) is 57.8 Å². The minimum absolute atomic E-state index is 0.221. The van der Waals surface area contributed by atoms with Gasteiger partial charge in [0.25, 0.3) is 0 Å². The maximum absolute atomic E-state index is 12.4. The van der Waals surface area contributed by atoms with Crippen molar-refractivity contribution in [3.63, 3.8) is 0 Å². The number of hydrogen-bond donors (Lipinski definition) is 6. The van der Waals surface area contributed by atoms with E-state index in [2.05, 4.69) is 16.0 Å². The third kappa shape index (κ3) is 10.5. The minimum atomic E-state index is -1.48. The summed E-state index contributed by atoms with van der Waals surface area (Å²) >= 11 is 1.50. The van der Waals surface area contributed by atoms with Crippen LogP contribution in [0.3, 0.4) is 0 Å². The molecule has 0 aromatic carbocycles. The zero-order chi connectivity index (χ0) is 21.9. The zero-order valence-corrected chi connectivity index (χ0v) is 17.5. The van der Waals surface area contributed by atoms with Crippen LogP contribution in [0.25, 0.3) is 0 Å². The maximum Gasteiger partial charge on any atom is 0.328 e. The second-order valence-corrected chi connectivity index (χ2v) is 7.91. The monoisotopic (exact) mass is 420 g/mol. The summed E-state index contributed by atoms with van der Waals surface area (Å²) in [6.45, 7) is 4.60. The van der Waals surface area contributed by atoms with Gasteiger partial charge in [0.2, 0.25) is 17.7 Å². The normalized spacial score (nSPS) is 15.2. The average Bonchev–Trinajstić information content (AvgIpc) is 2.59. The molecule has 0 saturated heterocycles. The standard InChI is InChI=1S/C17H32N4O6S/c1-9(2)7-11(18)15(24)20-12(5-6-28-4)16(25)19-8-13(23)21-14(10(3)22)17(26)27/h9-12,14,22H,5-8,18H2,1-4H3,(H,19,25)(H,20,24)(H,21,23)(H,26,27). The minimum Gasteiger partial charge on any atom is -0.480 e. The molecule has 0 rings (SSSR count). The maximum atomic E-state index is 12.4. The summed E-state index contributed by atoms with van der Waals surface area (Å²) < 4.78 is 0. The Labute approximate surface area is 169 Å². The van der Waals surface area contributed by atoms with Crippen molar-refractivity contribution >= 4 is 35.5 Å². The van der Waals surface area contributed by atoms with E-state index in [-0.39, 0.29) is 5.92 Å². The molecule has 28 heavy (non-hydrogen) atoms. The number of thioether (sulfide) groups is 1. The summed E-state index contributed by atoms with van der Waals surface area (Å²) in [5, 5.41) is 25.4. The molecule has 0 aliphatic heterocycles. The van der Waals surface area contributed by atoms with Gasteiger partial charge in [-0.3, -0.25) is 14.4 Å². The lowest BCUT2D eigenvalue weighted by Gasteiger charge is -2.21. The van der Waals surface area contributed by atoms with Gasteiger partial charge < -0.3 is 31.9 Å². The second kappa shape index (κ2) is 13.3. The van der Waals surface area contributed by atoms with Crippen LogP contribution in [0.2, 0.25) is 0 Å². The number of hydrogen-bond acceptors (Lipinski definition) is 7. The largest absolute Gasteiger partial charge is 0.480 e. The highest BCUT2D eigenvalue weighted by atomic mass is 32.2. The molecule has 0 aromatic rings. The number of aliphatic hydroxyl groups is 1. The molecule has 0 aliphatic carbocycles. The van der Waals surface area contributed by atoms with E-state index in [0.29, 0.717) is 18.6 Å². The fourth-order valence-corrected chi connectivity index (χ4v) is 2.77. The molecule has 11 heteroatoms. The third-order valence-electron chi connectivity index (χ3n) is 3.79. The Morgan fingerprint density at radius 2 is 1.68 bits per heavy atom. The van der Waals surface area contributed by atoms with Crippen LogP contribution in [-0.4, -0.2) is 76.7 Å². The number of nitrogens with two attached hydrogens (primary N) is 1. The molecular formula is C17H32N4O6S. The van der Waals surface area contributed by atoms with Gasteiger partial charge in [-0.05, 0) is 37.7 Å². The Balaban J connectivity index is 4.78. The van der Waals surface area contributed by atoms with Crippen molar-refractivity contribution in [1.82, 2.24) is 16.0 Å². The zero-order valence-electron chi connectivity index (χ0n) is 16.7. The predicted molar refractivity (Wildman–Crippen MR) is 107 cm³/mol. The van der Waals surface area contributed by atoms with Crippen LogP contribution in [0.4, 0.5) is 0 Å². The van der Waals surface area contributed by atoms with E-state index in [1.165, 1.54) is 18.7 Å². The first kappa shape index (κ1) is 26.1. The van der Waals surface area contributed by atoms with Gasteiger partial charge >= 0.3 is 5.97 Å². The topological polar surface area (TPSA) is 171 Å². The summed E-state index contributed by atoms with van der Waals surface area (Å²) in [5.74, 6) is -2.35. The highest BCUT2D eigenvalue weighted by Gasteiger charge is 2.27. The molecule has 0 bridgehead atoms. The quantitative estimate of drug-likeness (QED) is 0.213. The first-order chi connectivity index (χ1) is 13.0. The molecule has 0 radical (unpaired) electrons. The number of carbonyl (C=O) groups excluding carboxylic acids is 3. The fourth-order valence-electron chi connectivity index (χ4n) is 2.30. The van der Waals surface area contributed by atoms with Crippen LogP contribution in [0.15, 0.2) is 0 Å². The molecule has 0 aromatic heterocycles. The van der Waals surface area contributed by atoms with E-state index < -0.39 is 54.5 Å². The highest BCUT2D eigenvalue weighted by molar-refractivity contribution is 7.98. The SMILES string of the molecule is CSCCC(NC(=O)C(N)CC(C)C)C(=O)NCC(=O)NC(C(=O)O)C(C)O. The van der Waals surface area contributed by atoms with E-state index in [1.54, 1.807) is 0 Å². The molecule has 0 saturated carbocycles. The summed E-state index contributed by atoms with van der Waals surface area (Å²) in [7, 11) is 0. The first-order valence-corrected chi connectivity index (χ1v) is 10.4. The van der Waals surface area contributed by atoms with E-state index in [1.807, 2.05) is 20.1 Å². The summed E-state index contributed by atoms with van der Waals surface area (Å²) in [6.07, 6.45) is 1.38. The number of aliphatic hydroxyl groups excluding tert-OH is 1. The summed E-state index contributed by atoms with van der Waals surface area (Å²) in [5.41, 5.74) is 5.84. The Hall–Kier alpha value is -1.85. The average molecular weight is 421 g/mol. The number of amides is 3. The van der Waals surface area contributed by atoms with Crippen LogP contribution in [0, 0.1) is 5.92 Å². The molecule has 3 amide bonds.